The average Bonchev–Trinajstić information content (AvgIpc) is 3.05. The standard InChI is InChI=1S/C17H20N4O4/c1-11-4-6-12(7-5-11)16-13(3-2-8-25-16)18-15(22)10-21-9-14(17(23)24)19-20-21/h4-7,9,13,16H,2-3,8,10H2,1H3,(H,18,22)(H,23,24). The first-order valence-corrected chi connectivity index (χ1v) is 8.14. The maximum Gasteiger partial charge on any atom is 0.358 e. The predicted octanol–water partition coefficient (Wildman–Crippen LogP) is 1.32. The Morgan fingerprint density at radius 2 is 2.12 bits per heavy atom. The van der Waals surface area contributed by atoms with Crippen LogP contribution in [0.3, 0.4) is 0 Å². The Kier molecular flexibility index (Phi) is 5.08. The van der Waals surface area contributed by atoms with Gasteiger partial charge in [0.05, 0.1) is 12.2 Å². The smallest absolute Gasteiger partial charge is 0.358 e. The molecule has 0 saturated carbocycles. The molecule has 1 saturated heterocycles. The van der Waals surface area contributed by atoms with Crippen LogP contribution in [0.15, 0.2) is 30.5 Å². The van der Waals surface area contributed by atoms with Crippen LogP contribution in [0.25, 0.3) is 0 Å². The van der Waals surface area contributed by atoms with Crippen molar-refractivity contribution in [1.29, 1.82) is 0 Å². The van der Waals surface area contributed by atoms with E-state index in [4.69, 9.17) is 9.84 Å². The van der Waals surface area contributed by atoms with E-state index in [2.05, 4.69) is 15.6 Å². The number of carbonyl (C=O) groups excluding carboxylic acids is 1. The molecule has 0 bridgehead atoms. The number of aromatic carboxylic acids is 1. The summed E-state index contributed by atoms with van der Waals surface area (Å²) in [6.07, 6.45) is 2.74. The number of aryl methyl sites for hydroxylation is 1. The highest BCUT2D eigenvalue weighted by Gasteiger charge is 2.28. The minimum atomic E-state index is -1.17. The van der Waals surface area contributed by atoms with Crippen LogP contribution in [0, 0.1) is 6.92 Å². The number of nitrogens with one attached hydrogen (secondary N) is 1. The fourth-order valence-electron chi connectivity index (χ4n) is 2.89. The first kappa shape index (κ1) is 17.1. The number of amides is 1. The lowest BCUT2D eigenvalue weighted by molar-refractivity contribution is -0.125. The summed E-state index contributed by atoms with van der Waals surface area (Å²) in [5, 5.41) is 19.0. The molecule has 0 spiro atoms. The molecular formula is C17H20N4O4. The van der Waals surface area contributed by atoms with Crippen molar-refractivity contribution < 1.29 is 19.4 Å². The molecule has 2 unspecified atom stereocenters. The molecule has 2 N–H and O–H groups in total. The largest absolute Gasteiger partial charge is 0.476 e. The molecule has 1 aliphatic rings. The number of hydrogen-bond acceptors (Lipinski definition) is 5. The summed E-state index contributed by atoms with van der Waals surface area (Å²) >= 11 is 0. The zero-order valence-electron chi connectivity index (χ0n) is 13.9. The van der Waals surface area contributed by atoms with Crippen molar-refractivity contribution in [3.63, 3.8) is 0 Å². The Morgan fingerprint density at radius 1 is 1.36 bits per heavy atom. The molecule has 132 valence electrons. The minimum absolute atomic E-state index is 0.0859. The molecule has 1 aromatic carbocycles. The van der Waals surface area contributed by atoms with E-state index < -0.39 is 5.97 Å². The second-order valence-corrected chi connectivity index (χ2v) is 6.12. The van der Waals surface area contributed by atoms with Crippen molar-refractivity contribution in [2.45, 2.75) is 38.5 Å². The summed E-state index contributed by atoms with van der Waals surface area (Å²) in [5.41, 5.74) is 2.01. The lowest BCUT2D eigenvalue weighted by atomic mass is 9.95. The van der Waals surface area contributed by atoms with Gasteiger partial charge in [0.15, 0.2) is 5.69 Å². The van der Waals surface area contributed by atoms with Gasteiger partial charge in [0.2, 0.25) is 5.91 Å². The highest BCUT2D eigenvalue weighted by atomic mass is 16.5. The average molecular weight is 344 g/mol. The zero-order valence-corrected chi connectivity index (χ0v) is 13.9. The minimum Gasteiger partial charge on any atom is -0.476 e. The summed E-state index contributed by atoms with van der Waals surface area (Å²) in [6, 6.07) is 7.94. The van der Waals surface area contributed by atoms with E-state index in [1.54, 1.807) is 0 Å². The first-order valence-electron chi connectivity index (χ1n) is 8.14. The third-order valence-corrected chi connectivity index (χ3v) is 4.14. The van der Waals surface area contributed by atoms with Crippen LogP contribution in [0.2, 0.25) is 0 Å². The van der Waals surface area contributed by atoms with Crippen molar-refractivity contribution in [2.24, 2.45) is 0 Å². The molecule has 8 heteroatoms. The van der Waals surface area contributed by atoms with Crippen molar-refractivity contribution in [3.8, 4) is 0 Å². The molecule has 8 nitrogen and oxygen atoms in total. The molecular weight excluding hydrogens is 324 g/mol. The van der Waals surface area contributed by atoms with Crippen LogP contribution < -0.4 is 5.32 Å². The monoisotopic (exact) mass is 344 g/mol. The van der Waals surface area contributed by atoms with E-state index in [9.17, 15) is 9.59 Å². The summed E-state index contributed by atoms with van der Waals surface area (Å²) in [5.74, 6) is -1.43. The number of carbonyl (C=O) groups is 2. The van der Waals surface area contributed by atoms with Crippen LogP contribution >= 0.6 is 0 Å². The van der Waals surface area contributed by atoms with E-state index in [0.29, 0.717) is 6.61 Å². The summed E-state index contributed by atoms with van der Waals surface area (Å²) in [7, 11) is 0. The highest BCUT2D eigenvalue weighted by Crippen LogP contribution is 2.28. The normalized spacial score (nSPS) is 20.2. The first-order chi connectivity index (χ1) is 12.0. The molecule has 25 heavy (non-hydrogen) atoms. The van der Waals surface area contributed by atoms with E-state index in [1.165, 1.54) is 16.4 Å². The van der Waals surface area contributed by atoms with Gasteiger partial charge in [-0.2, -0.15) is 0 Å². The molecule has 2 atom stereocenters. The van der Waals surface area contributed by atoms with Crippen LogP contribution in [-0.2, 0) is 16.1 Å². The van der Waals surface area contributed by atoms with Gasteiger partial charge in [0.25, 0.3) is 0 Å². The fraction of sp³-hybridized carbons (Fsp3) is 0.412. The van der Waals surface area contributed by atoms with Crippen molar-refractivity contribution in [1.82, 2.24) is 20.3 Å². The Bertz CT molecular complexity index is 756. The van der Waals surface area contributed by atoms with Crippen LogP contribution in [-0.4, -0.2) is 44.6 Å². The second-order valence-electron chi connectivity index (χ2n) is 6.12. The molecule has 2 heterocycles. The lowest BCUT2D eigenvalue weighted by Crippen LogP contribution is -2.44. The highest BCUT2D eigenvalue weighted by molar-refractivity contribution is 5.84. The number of ether oxygens (including phenoxy) is 1. The Morgan fingerprint density at radius 3 is 2.80 bits per heavy atom. The van der Waals surface area contributed by atoms with E-state index >= 15 is 0 Å². The molecule has 1 aliphatic heterocycles. The summed E-state index contributed by atoms with van der Waals surface area (Å²) in [6.45, 7) is 2.60. The Hall–Kier alpha value is -2.74. The Balaban J connectivity index is 1.65. The predicted molar refractivity (Wildman–Crippen MR) is 88.0 cm³/mol. The van der Waals surface area contributed by atoms with E-state index in [-0.39, 0.29) is 30.3 Å². The van der Waals surface area contributed by atoms with Gasteiger partial charge in [-0.25, -0.2) is 9.48 Å². The molecule has 0 radical (unpaired) electrons. The van der Waals surface area contributed by atoms with Gasteiger partial charge in [-0.15, -0.1) is 5.10 Å². The number of carboxylic acid groups (broad SMARTS) is 1. The van der Waals surface area contributed by atoms with Gasteiger partial charge in [0, 0.05) is 6.61 Å². The Labute approximate surface area is 144 Å². The second kappa shape index (κ2) is 7.43. The van der Waals surface area contributed by atoms with Crippen molar-refractivity contribution >= 4 is 11.9 Å². The maximum absolute atomic E-state index is 12.3. The van der Waals surface area contributed by atoms with Gasteiger partial charge in [0.1, 0.15) is 12.6 Å². The van der Waals surface area contributed by atoms with Crippen molar-refractivity contribution in [3.05, 3.63) is 47.3 Å². The van der Waals surface area contributed by atoms with Crippen LogP contribution in [0.4, 0.5) is 0 Å². The third-order valence-electron chi connectivity index (χ3n) is 4.14. The van der Waals surface area contributed by atoms with E-state index in [0.717, 1.165) is 18.4 Å². The van der Waals surface area contributed by atoms with Gasteiger partial charge >= 0.3 is 5.97 Å². The topological polar surface area (TPSA) is 106 Å². The fourth-order valence-corrected chi connectivity index (χ4v) is 2.89. The number of aromatic nitrogens is 3. The number of hydrogen-bond donors (Lipinski definition) is 2. The van der Waals surface area contributed by atoms with Crippen molar-refractivity contribution in [2.75, 3.05) is 6.61 Å². The van der Waals surface area contributed by atoms with E-state index in [1.807, 2.05) is 31.2 Å². The molecule has 1 fully saturated rings. The number of carboxylic acids is 1. The zero-order chi connectivity index (χ0) is 17.8. The lowest BCUT2D eigenvalue weighted by Gasteiger charge is -2.32. The quantitative estimate of drug-likeness (QED) is 0.847. The number of rotatable bonds is 5. The molecule has 1 amide bonds. The maximum atomic E-state index is 12.3. The molecule has 2 aromatic rings. The SMILES string of the molecule is Cc1ccc(C2OCCCC2NC(=O)Cn2cc(C(=O)O)nn2)cc1. The van der Waals surface area contributed by atoms with Crippen LogP contribution in [0.5, 0.6) is 0 Å². The molecule has 3 rings (SSSR count). The van der Waals surface area contributed by atoms with Gasteiger partial charge < -0.3 is 15.2 Å². The summed E-state index contributed by atoms with van der Waals surface area (Å²) < 4.78 is 7.09. The third kappa shape index (κ3) is 4.21. The molecule has 1 aromatic heterocycles. The van der Waals surface area contributed by atoms with Gasteiger partial charge in [-0.05, 0) is 25.3 Å². The molecule has 0 aliphatic carbocycles. The van der Waals surface area contributed by atoms with Gasteiger partial charge in [-0.3, -0.25) is 4.79 Å². The van der Waals surface area contributed by atoms with Gasteiger partial charge in [-0.1, -0.05) is 35.0 Å². The number of nitrogens with zero attached hydrogens (tertiary/aromatic N) is 3. The summed E-state index contributed by atoms with van der Waals surface area (Å²) in [4.78, 5) is 23.1. The number of benzene rings is 1. The van der Waals surface area contributed by atoms with Crippen LogP contribution in [0.1, 0.15) is 40.6 Å².